The first-order valence-electron chi connectivity index (χ1n) is 7.87. The molecule has 2 fully saturated rings. The summed E-state index contributed by atoms with van der Waals surface area (Å²) in [6, 6.07) is 11.5. The number of nitriles is 1. The molecule has 0 N–H and O–H groups in total. The van der Waals surface area contributed by atoms with E-state index in [9.17, 15) is 0 Å². The van der Waals surface area contributed by atoms with Gasteiger partial charge in [0.1, 0.15) is 12.7 Å². The molecule has 4 atom stereocenters. The maximum Gasteiger partial charge on any atom is 0.161 e. The van der Waals surface area contributed by atoms with E-state index in [1.54, 1.807) is 0 Å². The van der Waals surface area contributed by atoms with Gasteiger partial charge in [0.15, 0.2) is 11.5 Å². The van der Waals surface area contributed by atoms with E-state index in [4.69, 9.17) is 14.7 Å². The highest BCUT2D eigenvalue weighted by Gasteiger charge is 2.42. The van der Waals surface area contributed by atoms with E-state index in [0.29, 0.717) is 18.7 Å². The largest absolute Gasteiger partial charge is 0.486 e. The zero-order valence-corrected chi connectivity index (χ0v) is 12.1. The predicted molar refractivity (Wildman–Crippen MR) is 78.2 cm³/mol. The molecule has 0 saturated carbocycles. The van der Waals surface area contributed by atoms with E-state index in [2.05, 4.69) is 11.0 Å². The lowest BCUT2D eigenvalue weighted by atomic mass is 9.92. The number of piperidine rings is 1. The van der Waals surface area contributed by atoms with Crippen LogP contribution in [0.2, 0.25) is 0 Å². The van der Waals surface area contributed by atoms with Crippen LogP contribution >= 0.6 is 0 Å². The summed E-state index contributed by atoms with van der Waals surface area (Å²) in [5.41, 5.74) is 0. The van der Waals surface area contributed by atoms with Crippen LogP contribution in [0.1, 0.15) is 25.7 Å². The minimum absolute atomic E-state index is 0.0987. The SMILES string of the molecule is N#CC1C[C@H]2CC[C@@H](C1)N2CC1COc2ccccc2O1. The van der Waals surface area contributed by atoms with E-state index in [1.807, 2.05) is 24.3 Å². The number of fused-ring (bicyclic) bond motifs is 3. The second-order valence-corrected chi connectivity index (χ2v) is 6.38. The van der Waals surface area contributed by atoms with Crippen molar-refractivity contribution in [3.63, 3.8) is 0 Å². The summed E-state index contributed by atoms with van der Waals surface area (Å²) in [5, 5.41) is 9.16. The molecule has 0 aromatic heterocycles. The Labute approximate surface area is 125 Å². The molecule has 4 nitrogen and oxygen atoms in total. The minimum Gasteiger partial charge on any atom is -0.486 e. The molecule has 4 rings (SSSR count). The van der Waals surface area contributed by atoms with E-state index in [-0.39, 0.29) is 12.0 Å². The summed E-state index contributed by atoms with van der Waals surface area (Å²) < 4.78 is 11.9. The Morgan fingerprint density at radius 1 is 1.14 bits per heavy atom. The average Bonchev–Trinajstić information content (AvgIpc) is 2.76. The molecule has 4 heteroatoms. The van der Waals surface area contributed by atoms with E-state index >= 15 is 0 Å². The fourth-order valence-corrected chi connectivity index (χ4v) is 4.07. The van der Waals surface area contributed by atoms with Crippen LogP contribution in [-0.2, 0) is 0 Å². The zero-order chi connectivity index (χ0) is 14.2. The van der Waals surface area contributed by atoms with Crippen molar-refractivity contribution < 1.29 is 9.47 Å². The number of benzene rings is 1. The standard InChI is InChI=1S/C17H20N2O2/c18-9-12-7-13-5-6-14(8-12)19(13)10-15-11-20-16-3-1-2-4-17(16)21-15/h1-4,12-15H,5-8,10-11H2/t12?,13-,14+,15?. The van der Waals surface area contributed by atoms with Gasteiger partial charge >= 0.3 is 0 Å². The first kappa shape index (κ1) is 13.0. The van der Waals surface area contributed by atoms with Gasteiger partial charge in [0.2, 0.25) is 0 Å². The molecule has 3 aliphatic heterocycles. The number of rotatable bonds is 2. The lowest BCUT2D eigenvalue weighted by Gasteiger charge is -2.39. The number of hydrogen-bond donors (Lipinski definition) is 0. The molecule has 21 heavy (non-hydrogen) atoms. The van der Waals surface area contributed by atoms with Gasteiger partial charge in [-0.1, -0.05) is 12.1 Å². The van der Waals surface area contributed by atoms with Crippen molar-refractivity contribution in [1.29, 1.82) is 5.26 Å². The molecule has 2 saturated heterocycles. The van der Waals surface area contributed by atoms with Crippen LogP contribution in [0.25, 0.3) is 0 Å². The van der Waals surface area contributed by atoms with Gasteiger partial charge in [0.05, 0.1) is 6.07 Å². The lowest BCUT2D eigenvalue weighted by molar-refractivity contribution is 0.0256. The fraction of sp³-hybridized carbons (Fsp3) is 0.588. The predicted octanol–water partition coefficient (Wildman–Crippen LogP) is 2.59. The Hall–Kier alpha value is -1.73. The van der Waals surface area contributed by atoms with Crippen LogP contribution in [0, 0.1) is 17.2 Å². The van der Waals surface area contributed by atoms with Crippen molar-refractivity contribution in [1.82, 2.24) is 4.90 Å². The highest BCUT2D eigenvalue weighted by atomic mass is 16.6. The highest BCUT2D eigenvalue weighted by Crippen LogP contribution is 2.39. The van der Waals surface area contributed by atoms with Gasteiger partial charge < -0.3 is 9.47 Å². The quantitative estimate of drug-likeness (QED) is 0.837. The number of nitrogens with zero attached hydrogens (tertiary/aromatic N) is 2. The second kappa shape index (κ2) is 5.23. The lowest BCUT2D eigenvalue weighted by Crippen LogP contribution is -2.49. The molecule has 1 aromatic rings. The van der Waals surface area contributed by atoms with Gasteiger partial charge in [-0.25, -0.2) is 0 Å². The van der Waals surface area contributed by atoms with E-state index in [1.165, 1.54) is 12.8 Å². The molecule has 3 heterocycles. The Bertz CT molecular complexity index is 554. The van der Waals surface area contributed by atoms with Gasteiger partial charge in [0.25, 0.3) is 0 Å². The summed E-state index contributed by atoms with van der Waals surface area (Å²) in [4.78, 5) is 2.57. The van der Waals surface area contributed by atoms with Crippen molar-refractivity contribution >= 4 is 0 Å². The summed E-state index contributed by atoms with van der Waals surface area (Å²) in [7, 11) is 0. The van der Waals surface area contributed by atoms with Gasteiger partial charge in [-0.3, -0.25) is 4.90 Å². The van der Waals surface area contributed by atoms with Gasteiger partial charge in [-0.15, -0.1) is 0 Å². The molecule has 0 radical (unpaired) electrons. The molecular weight excluding hydrogens is 264 g/mol. The molecule has 0 aliphatic carbocycles. The number of hydrogen-bond acceptors (Lipinski definition) is 4. The first-order valence-corrected chi connectivity index (χ1v) is 7.87. The molecule has 2 bridgehead atoms. The number of para-hydroxylation sites is 2. The Balaban J connectivity index is 1.43. The fourth-order valence-electron chi connectivity index (χ4n) is 4.07. The topological polar surface area (TPSA) is 45.5 Å². The smallest absolute Gasteiger partial charge is 0.161 e. The maximum absolute atomic E-state index is 9.16. The van der Waals surface area contributed by atoms with E-state index < -0.39 is 0 Å². The normalized spacial score (nSPS) is 34.4. The van der Waals surface area contributed by atoms with Crippen molar-refractivity contribution in [2.45, 2.75) is 43.9 Å². The Morgan fingerprint density at radius 2 is 1.86 bits per heavy atom. The maximum atomic E-state index is 9.16. The molecule has 1 aromatic carbocycles. The summed E-state index contributed by atoms with van der Waals surface area (Å²) in [6.07, 6.45) is 4.61. The summed E-state index contributed by atoms with van der Waals surface area (Å²) in [6.45, 7) is 1.54. The zero-order valence-electron chi connectivity index (χ0n) is 12.1. The summed E-state index contributed by atoms with van der Waals surface area (Å²) >= 11 is 0. The Morgan fingerprint density at radius 3 is 2.57 bits per heavy atom. The van der Waals surface area contributed by atoms with E-state index in [0.717, 1.165) is 30.9 Å². The van der Waals surface area contributed by atoms with Crippen molar-refractivity contribution in [3.8, 4) is 17.6 Å². The molecule has 2 unspecified atom stereocenters. The van der Waals surface area contributed by atoms with Crippen LogP contribution in [0.3, 0.4) is 0 Å². The van der Waals surface area contributed by atoms with Crippen molar-refractivity contribution in [2.75, 3.05) is 13.2 Å². The number of ether oxygens (including phenoxy) is 2. The molecule has 0 spiro atoms. The Kier molecular flexibility index (Phi) is 3.23. The second-order valence-electron chi connectivity index (χ2n) is 6.38. The van der Waals surface area contributed by atoms with Crippen LogP contribution < -0.4 is 9.47 Å². The van der Waals surface area contributed by atoms with Crippen LogP contribution in [0.15, 0.2) is 24.3 Å². The van der Waals surface area contributed by atoms with Crippen molar-refractivity contribution in [3.05, 3.63) is 24.3 Å². The summed E-state index contributed by atoms with van der Waals surface area (Å²) in [5.74, 6) is 1.95. The third kappa shape index (κ3) is 2.36. The molecule has 0 amide bonds. The molecule has 3 aliphatic rings. The first-order chi connectivity index (χ1) is 10.3. The van der Waals surface area contributed by atoms with Gasteiger partial charge in [-0.05, 0) is 37.8 Å². The van der Waals surface area contributed by atoms with Crippen LogP contribution in [0.5, 0.6) is 11.5 Å². The van der Waals surface area contributed by atoms with Crippen LogP contribution in [-0.4, -0.2) is 36.2 Å². The molecule has 110 valence electrons. The van der Waals surface area contributed by atoms with Crippen molar-refractivity contribution in [2.24, 2.45) is 5.92 Å². The third-order valence-electron chi connectivity index (χ3n) is 5.05. The highest BCUT2D eigenvalue weighted by molar-refractivity contribution is 5.40. The average molecular weight is 284 g/mol. The van der Waals surface area contributed by atoms with Crippen LogP contribution in [0.4, 0.5) is 0 Å². The minimum atomic E-state index is 0.0987. The van der Waals surface area contributed by atoms with Gasteiger partial charge in [0, 0.05) is 24.5 Å². The monoisotopic (exact) mass is 284 g/mol. The van der Waals surface area contributed by atoms with Gasteiger partial charge in [-0.2, -0.15) is 5.26 Å². The molecular formula is C17H20N2O2. The third-order valence-corrected chi connectivity index (χ3v) is 5.05.